The number of phenols is 1. The molecule has 0 saturated heterocycles. The Hall–Kier alpha value is -1.07. The van der Waals surface area contributed by atoms with Crippen LogP contribution in [0.2, 0.25) is 0 Å². The predicted molar refractivity (Wildman–Crippen MR) is 65.5 cm³/mol. The van der Waals surface area contributed by atoms with E-state index in [1.807, 2.05) is 0 Å². The van der Waals surface area contributed by atoms with Gasteiger partial charge >= 0.3 is 0 Å². The summed E-state index contributed by atoms with van der Waals surface area (Å²) in [7, 11) is -3.25. The van der Waals surface area contributed by atoms with Gasteiger partial charge in [0.2, 0.25) is 0 Å². The summed E-state index contributed by atoms with van der Waals surface area (Å²) >= 11 is 0. The molecule has 0 bridgehead atoms. The Labute approximate surface area is 101 Å². The zero-order valence-corrected chi connectivity index (χ0v) is 10.4. The summed E-state index contributed by atoms with van der Waals surface area (Å²) in [6.45, 7) is 0.568. The Morgan fingerprint density at radius 1 is 1.24 bits per heavy atom. The van der Waals surface area contributed by atoms with Crippen LogP contribution >= 0.6 is 0 Å². The summed E-state index contributed by atoms with van der Waals surface area (Å²) in [4.78, 5) is 0.267. The highest BCUT2D eigenvalue weighted by atomic mass is 32.2. The SMILES string of the molecule is NCC1(CCS(=O)(=O)c2ccc(O)cc2)CC1. The average molecular weight is 255 g/mol. The largest absolute Gasteiger partial charge is 0.508 e. The van der Waals surface area contributed by atoms with E-state index in [9.17, 15) is 8.42 Å². The third-order valence-electron chi connectivity index (χ3n) is 3.49. The van der Waals surface area contributed by atoms with Crippen molar-refractivity contribution in [1.82, 2.24) is 0 Å². The summed E-state index contributed by atoms with van der Waals surface area (Å²) in [5.74, 6) is 0.208. The van der Waals surface area contributed by atoms with Crippen molar-refractivity contribution in [3.63, 3.8) is 0 Å². The van der Waals surface area contributed by atoms with E-state index in [0.29, 0.717) is 13.0 Å². The van der Waals surface area contributed by atoms with Gasteiger partial charge in [-0.15, -0.1) is 0 Å². The molecular formula is C12H17NO3S. The second kappa shape index (κ2) is 4.31. The number of rotatable bonds is 5. The van der Waals surface area contributed by atoms with Crippen molar-refractivity contribution < 1.29 is 13.5 Å². The lowest BCUT2D eigenvalue weighted by atomic mass is 10.1. The maximum atomic E-state index is 12.0. The first-order valence-corrected chi connectivity index (χ1v) is 7.35. The topological polar surface area (TPSA) is 80.4 Å². The number of sulfone groups is 1. The molecule has 0 amide bonds. The number of hydrogen-bond acceptors (Lipinski definition) is 4. The number of benzene rings is 1. The lowest BCUT2D eigenvalue weighted by Gasteiger charge is -2.12. The highest BCUT2D eigenvalue weighted by Gasteiger charge is 2.41. The van der Waals surface area contributed by atoms with E-state index in [1.54, 1.807) is 0 Å². The lowest BCUT2D eigenvalue weighted by molar-refractivity contribution is 0.474. The van der Waals surface area contributed by atoms with Gasteiger partial charge in [-0.2, -0.15) is 0 Å². The first-order valence-electron chi connectivity index (χ1n) is 5.69. The molecule has 94 valence electrons. The van der Waals surface area contributed by atoms with Gasteiger partial charge < -0.3 is 10.8 Å². The maximum absolute atomic E-state index is 12.0. The molecule has 0 aromatic heterocycles. The predicted octanol–water partition coefficient (Wildman–Crippen LogP) is 1.29. The van der Waals surface area contributed by atoms with Gasteiger partial charge in [-0.3, -0.25) is 0 Å². The molecule has 1 saturated carbocycles. The number of hydrogen-bond donors (Lipinski definition) is 2. The van der Waals surface area contributed by atoms with Crippen LogP contribution in [0.3, 0.4) is 0 Å². The normalized spacial score (nSPS) is 17.9. The number of aromatic hydroxyl groups is 1. The monoisotopic (exact) mass is 255 g/mol. The van der Waals surface area contributed by atoms with E-state index in [1.165, 1.54) is 24.3 Å². The highest BCUT2D eigenvalue weighted by molar-refractivity contribution is 7.91. The zero-order valence-electron chi connectivity index (χ0n) is 9.59. The third kappa shape index (κ3) is 2.79. The fourth-order valence-electron chi connectivity index (χ4n) is 1.86. The van der Waals surface area contributed by atoms with Crippen LogP contribution in [0.4, 0.5) is 0 Å². The van der Waals surface area contributed by atoms with Gasteiger partial charge in [0, 0.05) is 0 Å². The van der Waals surface area contributed by atoms with Gasteiger partial charge in [0.25, 0.3) is 0 Å². The minimum absolute atomic E-state index is 0.0734. The van der Waals surface area contributed by atoms with Crippen LogP contribution in [-0.4, -0.2) is 25.8 Å². The second-order valence-electron chi connectivity index (χ2n) is 4.77. The van der Waals surface area contributed by atoms with Crippen LogP contribution in [0.5, 0.6) is 5.75 Å². The molecule has 0 unspecified atom stereocenters. The average Bonchev–Trinajstić information content (AvgIpc) is 3.08. The molecule has 1 aromatic rings. The van der Waals surface area contributed by atoms with E-state index >= 15 is 0 Å². The first kappa shape index (κ1) is 12.4. The van der Waals surface area contributed by atoms with Crippen molar-refractivity contribution in [2.24, 2.45) is 11.1 Å². The third-order valence-corrected chi connectivity index (χ3v) is 5.22. The van der Waals surface area contributed by atoms with Gasteiger partial charge in [0.05, 0.1) is 10.6 Å². The minimum atomic E-state index is -3.25. The smallest absolute Gasteiger partial charge is 0.178 e. The molecule has 3 N–H and O–H groups in total. The van der Waals surface area contributed by atoms with Gasteiger partial charge in [-0.05, 0) is 55.5 Å². The summed E-state index contributed by atoms with van der Waals surface area (Å²) in [6.07, 6.45) is 2.70. The molecule has 0 heterocycles. The van der Waals surface area contributed by atoms with Crippen molar-refractivity contribution in [3.8, 4) is 5.75 Å². The van der Waals surface area contributed by atoms with Crippen LogP contribution in [-0.2, 0) is 9.84 Å². The summed E-state index contributed by atoms with van der Waals surface area (Å²) in [6, 6.07) is 5.66. The van der Waals surface area contributed by atoms with Crippen LogP contribution < -0.4 is 5.73 Å². The molecule has 1 aliphatic rings. The van der Waals surface area contributed by atoms with Gasteiger partial charge in [0.15, 0.2) is 9.84 Å². The number of phenolic OH excluding ortho intramolecular Hbond substituents is 1. The number of nitrogens with two attached hydrogens (primary N) is 1. The van der Waals surface area contributed by atoms with Crippen LogP contribution in [0.15, 0.2) is 29.2 Å². The summed E-state index contributed by atoms with van der Waals surface area (Å²) < 4.78 is 24.0. The maximum Gasteiger partial charge on any atom is 0.178 e. The van der Waals surface area contributed by atoms with Crippen molar-refractivity contribution in [2.75, 3.05) is 12.3 Å². The molecule has 17 heavy (non-hydrogen) atoms. The molecule has 0 atom stereocenters. The van der Waals surface area contributed by atoms with E-state index in [4.69, 9.17) is 10.8 Å². The van der Waals surface area contributed by atoms with Crippen LogP contribution in [0.1, 0.15) is 19.3 Å². The Balaban J connectivity index is 2.06. The molecular weight excluding hydrogens is 238 g/mol. The molecule has 4 nitrogen and oxygen atoms in total. The Morgan fingerprint density at radius 3 is 2.29 bits per heavy atom. The van der Waals surface area contributed by atoms with Crippen LogP contribution in [0, 0.1) is 5.41 Å². The molecule has 1 fully saturated rings. The van der Waals surface area contributed by atoms with Gasteiger partial charge in [0.1, 0.15) is 5.75 Å². The Kier molecular flexibility index (Phi) is 3.14. The van der Waals surface area contributed by atoms with Gasteiger partial charge in [-0.25, -0.2) is 8.42 Å². The van der Waals surface area contributed by atoms with Crippen molar-refractivity contribution in [3.05, 3.63) is 24.3 Å². The standard InChI is InChI=1S/C12H17NO3S/c13-9-12(5-6-12)7-8-17(15,16)11-3-1-10(14)2-4-11/h1-4,14H,5-9,13H2. The molecule has 0 radical (unpaired) electrons. The van der Waals surface area contributed by atoms with Crippen LogP contribution in [0.25, 0.3) is 0 Å². The van der Waals surface area contributed by atoms with E-state index in [2.05, 4.69) is 0 Å². The molecule has 0 aliphatic heterocycles. The van der Waals surface area contributed by atoms with E-state index in [-0.39, 0.29) is 21.8 Å². The minimum Gasteiger partial charge on any atom is -0.508 e. The van der Waals surface area contributed by atoms with Gasteiger partial charge in [-0.1, -0.05) is 0 Å². The fourth-order valence-corrected chi connectivity index (χ4v) is 3.34. The van der Waals surface area contributed by atoms with Crippen molar-refractivity contribution in [1.29, 1.82) is 0 Å². The molecule has 0 spiro atoms. The molecule has 5 heteroatoms. The quantitative estimate of drug-likeness (QED) is 0.831. The lowest BCUT2D eigenvalue weighted by Crippen LogP contribution is -2.19. The Morgan fingerprint density at radius 2 is 1.82 bits per heavy atom. The fraction of sp³-hybridized carbons (Fsp3) is 0.500. The first-order chi connectivity index (χ1) is 7.97. The second-order valence-corrected chi connectivity index (χ2v) is 6.88. The highest BCUT2D eigenvalue weighted by Crippen LogP contribution is 2.48. The van der Waals surface area contributed by atoms with E-state index < -0.39 is 9.84 Å². The van der Waals surface area contributed by atoms with E-state index in [0.717, 1.165) is 12.8 Å². The summed E-state index contributed by atoms with van der Waals surface area (Å²) in [5.41, 5.74) is 5.70. The van der Waals surface area contributed by atoms with Crippen molar-refractivity contribution >= 4 is 9.84 Å². The molecule has 2 rings (SSSR count). The summed E-state index contributed by atoms with van der Waals surface area (Å²) in [5, 5.41) is 9.12. The Bertz CT molecular complexity index is 489. The molecule has 1 aromatic carbocycles. The zero-order chi connectivity index (χ0) is 12.5. The molecule has 1 aliphatic carbocycles. The van der Waals surface area contributed by atoms with Crippen molar-refractivity contribution in [2.45, 2.75) is 24.2 Å².